The molecule has 9 nitrogen and oxygen atoms in total. The number of halogens is 1. The fourth-order valence-electron chi connectivity index (χ4n) is 6.48. The first-order valence-corrected chi connectivity index (χ1v) is 14.2. The van der Waals surface area contributed by atoms with Crippen LogP contribution < -0.4 is 11.2 Å². The van der Waals surface area contributed by atoms with E-state index < -0.39 is 23.1 Å². The molecule has 0 atom stereocenters. The molecule has 0 radical (unpaired) electrons. The Bertz CT molecular complexity index is 1780. The molecule has 6 rings (SSSR count). The van der Waals surface area contributed by atoms with Crippen molar-refractivity contribution < 1.29 is 14.0 Å². The van der Waals surface area contributed by atoms with Gasteiger partial charge in [-0.05, 0) is 81.9 Å². The zero-order chi connectivity index (χ0) is 29.6. The normalized spacial score (nSPS) is 19.5. The van der Waals surface area contributed by atoms with Crippen molar-refractivity contribution in [3.63, 3.8) is 0 Å². The van der Waals surface area contributed by atoms with Crippen LogP contribution in [0.3, 0.4) is 0 Å². The van der Waals surface area contributed by atoms with Crippen LogP contribution >= 0.6 is 0 Å². The zero-order valence-corrected chi connectivity index (χ0v) is 23.6. The molecule has 0 aliphatic heterocycles. The highest BCUT2D eigenvalue weighted by Gasteiger charge is 2.52. The number of carbonyl (C=O) groups is 2. The maximum absolute atomic E-state index is 14.4. The van der Waals surface area contributed by atoms with Gasteiger partial charge in [0.2, 0.25) is 6.41 Å². The standard InChI is InChI=1S/C32H32FN5O4/c1-35(2)32(14-15-32)36(20-40)25-10-12-26(13-11-25)38-30(41)28-17-24(33)18-34-29(28)37(31(38)42)27-5-3-4-23(16-27)22-8-6-21(19-39)7-9-22/h3-9,16-20,25-26H,10-15H2,1-2H3. The van der Waals surface area contributed by atoms with Crippen LogP contribution in [-0.4, -0.2) is 62.4 Å². The highest BCUT2D eigenvalue weighted by molar-refractivity contribution is 5.78. The summed E-state index contributed by atoms with van der Waals surface area (Å²) in [5.41, 5.74) is 1.40. The number of fused-ring (bicyclic) bond motifs is 1. The third kappa shape index (κ3) is 4.65. The second kappa shape index (κ2) is 10.8. The predicted octanol–water partition coefficient (Wildman–Crippen LogP) is 4.16. The Morgan fingerprint density at radius 1 is 0.952 bits per heavy atom. The smallest absolute Gasteiger partial charge is 0.324 e. The van der Waals surface area contributed by atoms with Gasteiger partial charge in [0.15, 0.2) is 5.65 Å². The van der Waals surface area contributed by atoms with Crippen LogP contribution in [0.2, 0.25) is 0 Å². The van der Waals surface area contributed by atoms with Gasteiger partial charge in [0.25, 0.3) is 5.56 Å². The highest BCUT2D eigenvalue weighted by atomic mass is 19.1. The van der Waals surface area contributed by atoms with Gasteiger partial charge in [-0.1, -0.05) is 36.4 Å². The summed E-state index contributed by atoms with van der Waals surface area (Å²) in [6, 6.07) is 15.1. The molecule has 10 heteroatoms. The Morgan fingerprint density at radius 2 is 1.67 bits per heavy atom. The summed E-state index contributed by atoms with van der Waals surface area (Å²) in [5.74, 6) is -0.663. The summed E-state index contributed by atoms with van der Waals surface area (Å²) in [7, 11) is 3.96. The van der Waals surface area contributed by atoms with Gasteiger partial charge in [-0.15, -0.1) is 0 Å². The summed E-state index contributed by atoms with van der Waals surface area (Å²) in [4.78, 5) is 59.2. The first kappa shape index (κ1) is 27.7. The van der Waals surface area contributed by atoms with Crippen LogP contribution in [0.5, 0.6) is 0 Å². The van der Waals surface area contributed by atoms with Gasteiger partial charge >= 0.3 is 5.69 Å². The number of hydrogen-bond donors (Lipinski definition) is 0. The number of aldehydes is 1. The quantitative estimate of drug-likeness (QED) is 0.234. The van der Waals surface area contributed by atoms with E-state index in [0.717, 1.165) is 48.9 Å². The second-order valence-corrected chi connectivity index (χ2v) is 11.5. The molecule has 2 aromatic carbocycles. The molecule has 216 valence electrons. The number of pyridine rings is 1. The minimum atomic E-state index is -0.663. The summed E-state index contributed by atoms with van der Waals surface area (Å²) >= 11 is 0. The van der Waals surface area contributed by atoms with Crippen molar-refractivity contribution in [2.24, 2.45) is 0 Å². The van der Waals surface area contributed by atoms with Crippen LogP contribution in [0.25, 0.3) is 27.8 Å². The molecule has 2 aromatic heterocycles. The summed E-state index contributed by atoms with van der Waals surface area (Å²) in [6.45, 7) is 0. The topological polar surface area (TPSA) is 97.5 Å². The molecular weight excluding hydrogens is 537 g/mol. The third-order valence-corrected chi connectivity index (χ3v) is 8.92. The van der Waals surface area contributed by atoms with Crippen molar-refractivity contribution in [1.82, 2.24) is 23.9 Å². The zero-order valence-electron chi connectivity index (χ0n) is 23.6. The van der Waals surface area contributed by atoms with Crippen LogP contribution in [0.4, 0.5) is 4.39 Å². The molecule has 0 saturated heterocycles. The average molecular weight is 570 g/mol. The second-order valence-electron chi connectivity index (χ2n) is 11.5. The number of aromatic nitrogens is 3. The van der Waals surface area contributed by atoms with Gasteiger partial charge in [-0.3, -0.25) is 23.9 Å². The first-order chi connectivity index (χ1) is 20.3. The molecule has 0 spiro atoms. The Balaban J connectivity index is 1.40. The van der Waals surface area contributed by atoms with E-state index in [2.05, 4.69) is 9.88 Å². The maximum Gasteiger partial charge on any atom is 0.337 e. The molecular formula is C32H32FN5O4. The lowest BCUT2D eigenvalue weighted by Crippen LogP contribution is -2.53. The molecule has 0 bridgehead atoms. The van der Waals surface area contributed by atoms with Crippen molar-refractivity contribution in [2.75, 3.05) is 14.1 Å². The lowest BCUT2D eigenvalue weighted by Gasteiger charge is -2.42. The molecule has 2 aliphatic carbocycles. The van der Waals surface area contributed by atoms with Crippen molar-refractivity contribution in [3.05, 3.63) is 93.0 Å². The lowest BCUT2D eigenvalue weighted by molar-refractivity contribution is -0.129. The van der Waals surface area contributed by atoms with E-state index in [0.29, 0.717) is 36.9 Å². The predicted molar refractivity (Wildman–Crippen MR) is 157 cm³/mol. The molecule has 42 heavy (non-hydrogen) atoms. The van der Waals surface area contributed by atoms with E-state index in [1.54, 1.807) is 24.3 Å². The van der Waals surface area contributed by atoms with E-state index in [1.807, 2.05) is 43.3 Å². The van der Waals surface area contributed by atoms with E-state index >= 15 is 0 Å². The number of rotatable bonds is 8. The van der Waals surface area contributed by atoms with Crippen molar-refractivity contribution in [2.45, 2.75) is 56.3 Å². The number of carbonyl (C=O) groups excluding carboxylic acids is 2. The fraction of sp³-hybridized carbons (Fsp3) is 0.344. The molecule has 4 aromatic rings. The van der Waals surface area contributed by atoms with Gasteiger partial charge in [0, 0.05) is 17.6 Å². The average Bonchev–Trinajstić information content (AvgIpc) is 3.81. The van der Waals surface area contributed by atoms with Gasteiger partial charge in [0.05, 0.1) is 22.9 Å². The summed E-state index contributed by atoms with van der Waals surface area (Å²) in [6.07, 6.45) is 6.92. The molecule has 2 fully saturated rings. The minimum absolute atomic E-state index is 0.0171. The van der Waals surface area contributed by atoms with Gasteiger partial charge < -0.3 is 4.90 Å². The number of amides is 1. The van der Waals surface area contributed by atoms with Crippen molar-refractivity contribution >= 4 is 23.7 Å². The molecule has 2 aliphatic rings. The van der Waals surface area contributed by atoms with Crippen LogP contribution in [0.15, 0.2) is 70.4 Å². The fourth-order valence-corrected chi connectivity index (χ4v) is 6.48. The molecule has 0 unspecified atom stereocenters. The van der Waals surface area contributed by atoms with Crippen LogP contribution in [-0.2, 0) is 4.79 Å². The van der Waals surface area contributed by atoms with E-state index in [1.165, 1.54) is 9.13 Å². The van der Waals surface area contributed by atoms with E-state index in [-0.39, 0.29) is 22.7 Å². The van der Waals surface area contributed by atoms with Gasteiger partial charge in [0.1, 0.15) is 12.1 Å². The van der Waals surface area contributed by atoms with Crippen molar-refractivity contribution in [3.8, 4) is 16.8 Å². The monoisotopic (exact) mass is 569 g/mol. The first-order valence-electron chi connectivity index (χ1n) is 14.2. The number of benzene rings is 2. The lowest BCUT2D eigenvalue weighted by atomic mass is 9.89. The van der Waals surface area contributed by atoms with E-state index in [4.69, 9.17) is 0 Å². The highest BCUT2D eigenvalue weighted by Crippen LogP contribution is 2.46. The maximum atomic E-state index is 14.4. The Hall–Kier alpha value is -4.44. The van der Waals surface area contributed by atoms with Crippen molar-refractivity contribution in [1.29, 1.82) is 0 Å². The third-order valence-electron chi connectivity index (χ3n) is 8.92. The van der Waals surface area contributed by atoms with E-state index in [9.17, 15) is 23.6 Å². The minimum Gasteiger partial charge on any atom is -0.324 e. The van der Waals surface area contributed by atoms with Gasteiger partial charge in [-0.2, -0.15) is 0 Å². The molecule has 2 heterocycles. The Labute approximate surface area is 241 Å². The molecule has 0 N–H and O–H groups in total. The summed E-state index contributed by atoms with van der Waals surface area (Å²) < 4.78 is 17.0. The number of nitrogens with zero attached hydrogens (tertiary/aromatic N) is 5. The summed E-state index contributed by atoms with van der Waals surface area (Å²) in [5, 5.41) is 0.0246. The van der Waals surface area contributed by atoms with Crippen LogP contribution in [0.1, 0.15) is 54.9 Å². The van der Waals surface area contributed by atoms with Gasteiger partial charge in [-0.25, -0.2) is 18.7 Å². The SMILES string of the molecule is CN(C)C1(N(C=O)C2CCC(n3c(=O)c4cc(F)cnc4n(-c4cccc(-c5ccc(C=O)cc5)c4)c3=O)CC2)CC1. The number of hydrogen-bond acceptors (Lipinski definition) is 6. The largest absolute Gasteiger partial charge is 0.337 e. The molecule has 2 saturated carbocycles. The van der Waals surface area contributed by atoms with Crippen LogP contribution in [0, 0.1) is 5.82 Å². The Kier molecular flexibility index (Phi) is 7.10. The Morgan fingerprint density at radius 3 is 2.29 bits per heavy atom. The molecule has 1 amide bonds.